The van der Waals surface area contributed by atoms with Gasteiger partial charge in [-0.3, -0.25) is 0 Å². The van der Waals surface area contributed by atoms with Gasteiger partial charge in [0.15, 0.2) is 0 Å². The highest BCUT2D eigenvalue weighted by Gasteiger charge is 2.24. The molecule has 1 N–H and O–H groups in total. The van der Waals surface area contributed by atoms with Gasteiger partial charge in [0.1, 0.15) is 5.75 Å². The molecule has 2 aromatic rings. The molecule has 0 heterocycles. The number of para-hydroxylation sites is 1. The van der Waals surface area contributed by atoms with Crippen molar-refractivity contribution >= 4 is 19.0 Å². The van der Waals surface area contributed by atoms with Crippen LogP contribution < -0.4 is 0 Å². The van der Waals surface area contributed by atoms with Gasteiger partial charge in [-0.05, 0) is 25.5 Å². The molecule has 1 atom stereocenters. The molecule has 0 fully saturated rings. The Morgan fingerprint density at radius 1 is 0.955 bits per heavy atom. The molecule has 0 aliphatic heterocycles. The van der Waals surface area contributed by atoms with E-state index in [1.54, 1.807) is 17.4 Å². The first kappa shape index (κ1) is 17.3. The molecular weight excluding hydrogens is 315 g/mol. The molecule has 118 valence electrons. The van der Waals surface area contributed by atoms with Crippen LogP contribution in [0.2, 0.25) is 0 Å². The second-order valence-corrected chi connectivity index (χ2v) is 7.69. The van der Waals surface area contributed by atoms with Gasteiger partial charge >= 0.3 is 0 Å². The molecule has 2 aromatic carbocycles. The molecular formula is C17H21O3PS. The van der Waals surface area contributed by atoms with Crippen LogP contribution in [0.25, 0.3) is 0 Å². The maximum atomic E-state index is 10.2. The fourth-order valence-corrected chi connectivity index (χ4v) is 5.63. The van der Waals surface area contributed by atoms with E-state index in [0.717, 1.165) is 11.1 Å². The SMILES string of the molecule is CCOP(OCC)SC(c1ccccc1)c1ccccc1O. The number of aromatic hydroxyl groups is 1. The Morgan fingerprint density at radius 2 is 1.55 bits per heavy atom. The van der Waals surface area contributed by atoms with Crippen molar-refractivity contribution in [3.05, 3.63) is 65.7 Å². The van der Waals surface area contributed by atoms with Gasteiger partial charge in [-0.25, -0.2) is 0 Å². The van der Waals surface area contributed by atoms with E-state index in [4.69, 9.17) is 9.05 Å². The van der Waals surface area contributed by atoms with Crippen LogP contribution >= 0.6 is 19.0 Å². The third-order valence-electron chi connectivity index (χ3n) is 2.98. The van der Waals surface area contributed by atoms with Crippen LogP contribution in [-0.2, 0) is 9.05 Å². The van der Waals surface area contributed by atoms with Crippen molar-refractivity contribution in [3.8, 4) is 5.75 Å². The molecule has 22 heavy (non-hydrogen) atoms. The second-order valence-electron chi connectivity index (χ2n) is 4.51. The van der Waals surface area contributed by atoms with Crippen LogP contribution in [0.4, 0.5) is 0 Å². The average Bonchev–Trinajstić information content (AvgIpc) is 2.54. The van der Waals surface area contributed by atoms with E-state index in [9.17, 15) is 5.11 Å². The summed E-state index contributed by atoms with van der Waals surface area (Å²) in [5.41, 5.74) is 2.01. The Balaban J connectivity index is 2.32. The first-order valence-corrected chi connectivity index (χ1v) is 9.98. The third-order valence-corrected chi connectivity index (χ3v) is 6.61. The molecule has 0 spiro atoms. The van der Waals surface area contributed by atoms with Crippen LogP contribution in [-0.4, -0.2) is 18.3 Å². The lowest BCUT2D eigenvalue weighted by molar-refractivity contribution is 0.283. The number of hydrogen-bond acceptors (Lipinski definition) is 4. The first-order chi connectivity index (χ1) is 10.8. The van der Waals surface area contributed by atoms with Crippen molar-refractivity contribution in [1.82, 2.24) is 0 Å². The number of benzene rings is 2. The molecule has 0 saturated heterocycles. The van der Waals surface area contributed by atoms with E-state index >= 15 is 0 Å². The van der Waals surface area contributed by atoms with Crippen molar-refractivity contribution in [2.75, 3.05) is 13.2 Å². The van der Waals surface area contributed by atoms with Crippen LogP contribution in [0.3, 0.4) is 0 Å². The van der Waals surface area contributed by atoms with Crippen molar-refractivity contribution in [2.24, 2.45) is 0 Å². The molecule has 2 rings (SSSR count). The van der Waals surface area contributed by atoms with Gasteiger partial charge in [0, 0.05) is 5.56 Å². The number of phenols is 1. The monoisotopic (exact) mass is 336 g/mol. The summed E-state index contributed by atoms with van der Waals surface area (Å²) in [5.74, 6) is 0.298. The van der Waals surface area contributed by atoms with E-state index < -0.39 is 7.58 Å². The quantitative estimate of drug-likeness (QED) is 0.645. The molecule has 0 amide bonds. The molecule has 0 aliphatic carbocycles. The van der Waals surface area contributed by atoms with E-state index in [1.165, 1.54) is 0 Å². The fraction of sp³-hybridized carbons (Fsp3) is 0.294. The normalized spacial score (nSPS) is 12.5. The molecule has 5 heteroatoms. The lowest BCUT2D eigenvalue weighted by Gasteiger charge is -2.23. The second kappa shape index (κ2) is 9.16. The Labute approximate surface area is 137 Å². The highest BCUT2D eigenvalue weighted by atomic mass is 32.7. The van der Waals surface area contributed by atoms with Crippen molar-refractivity contribution in [3.63, 3.8) is 0 Å². The minimum absolute atomic E-state index is 0.0217. The summed E-state index contributed by atoms with van der Waals surface area (Å²) >= 11 is 1.62. The summed E-state index contributed by atoms with van der Waals surface area (Å²) < 4.78 is 11.4. The predicted octanol–water partition coefficient (Wildman–Crippen LogP) is 5.51. The Kier molecular flexibility index (Phi) is 7.20. The van der Waals surface area contributed by atoms with Gasteiger partial charge in [0.25, 0.3) is 0 Å². The van der Waals surface area contributed by atoms with Gasteiger partial charge in [0.2, 0.25) is 7.58 Å². The summed E-state index contributed by atoms with van der Waals surface area (Å²) in [6, 6.07) is 17.6. The van der Waals surface area contributed by atoms with Crippen LogP contribution in [0.15, 0.2) is 54.6 Å². The van der Waals surface area contributed by atoms with Gasteiger partial charge in [-0.2, -0.15) is 0 Å². The zero-order valence-electron chi connectivity index (χ0n) is 12.8. The number of hydrogen-bond donors (Lipinski definition) is 1. The smallest absolute Gasteiger partial charge is 0.238 e. The molecule has 0 bridgehead atoms. The topological polar surface area (TPSA) is 38.7 Å². The zero-order valence-corrected chi connectivity index (χ0v) is 14.5. The van der Waals surface area contributed by atoms with Crippen LogP contribution in [0.1, 0.15) is 30.2 Å². The minimum atomic E-state index is -1.05. The summed E-state index contributed by atoms with van der Waals surface area (Å²) in [4.78, 5) is 0. The lowest BCUT2D eigenvalue weighted by Crippen LogP contribution is -1.98. The van der Waals surface area contributed by atoms with Gasteiger partial charge < -0.3 is 14.2 Å². The molecule has 0 saturated carbocycles. The van der Waals surface area contributed by atoms with Gasteiger partial charge in [-0.1, -0.05) is 59.9 Å². The largest absolute Gasteiger partial charge is 0.508 e. The van der Waals surface area contributed by atoms with Crippen LogP contribution in [0, 0.1) is 0 Å². The average molecular weight is 336 g/mol. The first-order valence-electron chi connectivity index (χ1n) is 7.31. The highest BCUT2D eigenvalue weighted by molar-refractivity contribution is 8.53. The summed E-state index contributed by atoms with van der Waals surface area (Å²) in [7, 11) is -1.05. The highest BCUT2D eigenvalue weighted by Crippen LogP contribution is 2.60. The summed E-state index contributed by atoms with van der Waals surface area (Å²) in [5, 5.41) is 10.2. The maximum absolute atomic E-state index is 10.2. The Morgan fingerprint density at radius 3 is 2.14 bits per heavy atom. The molecule has 1 unspecified atom stereocenters. The summed E-state index contributed by atoms with van der Waals surface area (Å²) in [6.07, 6.45) is 0. The Hall–Kier alpha value is -1.06. The van der Waals surface area contributed by atoms with Crippen LogP contribution in [0.5, 0.6) is 5.75 Å². The molecule has 3 nitrogen and oxygen atoms in total. The third kappa shape index (κ3) is 4.72. The summed E-state index contributed by atoms with van der Waals surface area (Å²) in [6.45, 7) is 5.15. The van der Waals surface area contributed by atoms with Crippen molar-refractivity contribution in [2.45, 2.75) is 19.1 Å². The van der Waals surface area contributed by atoms with Gasteiger partial charge in [-0.15, -0.1) is 0 Å². The van der Waals surface area contributed by atoms with E-state index in [-0.39, 0.29) is 5.25 Å². The number of rotatable bonds is 8. The lowest BCUT2D eigenvalue weighted by atomic mass is 10.0. The molecule has 0 radical (unpaired) electrons. The fourth-order valence-electron chi connectivity index (χ4n) is 2.03. The molecule has 0 aromatic heterocycles. The molecule has 0 aliphatic rings. The van der Waals surface area contributed by atoms with E-state index in [0.29, 0.717) is 19.0 Å². The minimum Gasteiger partial charge on any atom is -0.508 e. The standard InChI is InChI=1S/C17H21O3PS/c1-3-19-21(20-4-2)22-17(14-10-6-5-7-11-14)15-12-8-9-13-16(15)18/h5-13,17-18H,3-4H2,1-2H3. The maximum Gasteiger partial charge on any atom is 0.238 e. The van der Waals surface area contributed by atoms with Gasteiger partial charge in [0.05, 0.1) is 18.5 Å². The van der Waals surface area contributed by atoms with E-state index in [2.05, 4.69) is 12.1 Å². The zero-order chi connectivity index (χ0) is 15.8. The van der Waals surface area contributed by atoms with Crippen molar-refractivity contribution < 1.29 is 14.2 Å². The predicted molar refractivity (Wildman–Crippen MR) is 94.2 cm³/mol. The van der Waals surface area contributed by atoms with E-state index in [1.807, 2.05) is 50.2 Å². The Bertz CT molecular complexity index is 559. The van der Waals surface area contributed by atoms with Crippen molar-refractivity contribution in [1.29, 1.82) is 0 Å². The number of phenolic OH excluding ortho intramolecular Hbond substituents is 1.